The molecule has 2 aromatic rings. The van der Waals surface area contributed by atoms with Crippen molar-refractivity contribution in [2.45, 2.75) is 31.6 Å². The smallest absolute Gasteiger partial charge is 0.230 e. The van der Waals surface area contributed by atoms with Crippen LogP contribution in [0.15, 0.2) is 28.8 Å². The van der Waals surface area contributed by atoms with Gasteiger partial charge in [0.05, 0.1) is 0 Å². The summed E-state index contributed by atoms with van der Waals surface area (Å²) in [5.74, 6) is 1.91. The lowest BCUT2D eigenvalue weighted by Gasteiger charge is -1.99. The Morgan fingerprint density at radius 3 is 2.53 bits per heavy atom. The van der Waals surface area contributed by atoms with Crippen molar-refractivity contribution in [2.24, 2.45) is 0 Å². The SMILES string of the molecule is Nc1ccc(-c2noc(C3CCCC3)n2)cc1. The Morgan fingerprint density at radius 2 is 1.82 bits per heavy atom. The van der Waals surface area contributed by atoms with Crippen LogP contribution in [0.3, 0.4) is 0 Å². The van der Waals surface area contributed by atoms with Gasteiger partial charge in [-0.25, -0.2) is 0 Å². The van der Waals surface area contributed by atoms with Crippen molar-refractivity contribution < 1.29 is 4.52 Å². The summed E-state index contributed by atoms with van der Waals surface area (Å²) in [6.07, 6.45) is 4.88. The molecule has 0 unspecified atom stereocenters. The second-order valence-electron chi connectivity index (χ2n) is 4.56. The van der Waals surface area contributed by atoms with Gasteiger partial charge in [0.15, 0.2) is 0 Å². The van der Waals surface area contributed by atoms with E-state index in [1.165, 1.54) is 25.7 Å². The minimum Gasteiger partial charge on any atom is -0.399 e. The third kappa shape index (κ3) is 2.02. The summed E-state index contributed by atoms with van der Waals surface area (Å²) in [6, 6.07) is 7.53. The van der Waals surface area contributed by atoms with Crippen LogP contribution in [-0.2, 0) is 0 Å². The lowest BCUT2D eigenvalue weighted by atomic mass is 10.1. The van der Waals surface area contributed by atoms with Gasteiger partial charge in [-0.1, -0.05) is 18.0 Å². The van der Waals surface area contributed by atoms with Crippen molar-refractivity contribution in [1.82, 2.24) is 10.1 Å². The van der Waals surface area contributed by atoms with Crippen molar-refractivity contribution >= 4 is 5.69 Å². The van der Waals surface area contributed by atoms with E-state index in [4.69, 9.17) is 10.3 Å². The molecule has 1 heterocycles. The van der Waals surface area contributed by atoms with E-state index in [9.17, 15) is 0 Å². The van der Waals surface area contributed by atoms with Crippen molar-refractivity contribution in [3.05, 3.63) is 30.2 Å². The second kappa shape index (κ2) is 4.20. The highest BCUT2D eigenvalue weighted by Crippen LogP contribution is 2.33. The minimum absolute atomic E-state index is 0.463. The van der Waals surface area contributed by atoms with Gasteiger partial charge in [0.25, 0.3) is 0 Å². The van der Waals surface area contributed by atoms with E-state index in [-0.39, 0.29) is 0 Å². The first kappa shape index (κ1) is 10.3. The summed E-state index contributed by atoms with van der Waals surface area (Å²) >= 11 is 0. The molecule has 0 radical (unpaired) electrons. The molecule has 1 aliphatic rings. The highest BCUT2D eigenvalue weighted by molar-refractivity contribution is 5.58. The van der Waals surface area contributed by atoms with Gasteiger partial charge in [-0.2, -0.15) is 4.98 Å². The molecule has 1 saturated carbocycles. The van der Waals surface area contributed by atoms with Crippen LogP contribution in [0.1, 0.15) is 37.5 Å². The Balaban J connectivity index is 1.86. The van der Waals surface area contributed by atoms with Gasteiger partial charge in [-0.3, -0.25) is 0 Å². The van der Waals surface area contributed by atoms with E-state index in [1.54, 1.807) is 0 Å². The fourth-order valence-corrected chi connectivity index (χ4v) is 2.32. The molecule has 0 aliphatic heterocycles. The van der Waals surface area contributed by atoms with Crippen LogP contribution in [0, 0.1) is 0 Å². The Hall–Kier alpha value is -1.84. The zero-order valence-electron chi connectivity index (χ0n) is 9.60. The molecule has 0 atom stereocenters. The number of nitrogen functional groups attached to an aromatic ring is 1. The zero-order valence-corrected chi connectivity index (χ0v) is 9.60. The van der Waals surface area contributed by atoms with Crippen LogP contribution in [0.5, 0.6) is 0 Å². The Morgan fingerprint density at radius 1 is 1.12 bits per heavy atom. The van der Waals surface area contributed by atoms with Crippen molar-refractivity contribution in [3.63, 3.8) is 0 Å². The topological polar surface area (TPSA) is 64.9 Å². The number of hydrogen-bond acceptors (Lipinski definition) is 4. The number of nitrogens with zero attached hydrogens (tertiary/aromatic N) is 2. The van der Waals surface area contributed by atoms with Crippen molar-refractivity contribution in [2.75, 3.05) is 5.73 Å². The van der Waals surface area contributed by atoms with Crippen LogP contribution in [-0.4, -0.2) is 10.1 Å². The number of benzene rings is 1. The Kier molecular flexibility index (Phi) is 2.55. The second-order valence-corrected chi connectivity index (χ2v) is 4.56. The quantitative estimate of drug-likeness (QED) is 0.804. The van der Waals surface area contributed by atoms with E-state index in [0.29, 0.717) is 11.7 Å². The molecular weight excluding hydrogens is 214 g/mol. The fraction of sp³-hybridized carbons (Fsp3) is 0.385. The largest absolute Gasteiger partial charge is 0.399 e. The molecular formula is C13H15N3O. The third-order valence-electron chi connectivity index (χ3n) is 3.32. The Bertz CT molecular complexity index is 498. The summed E-state index contributed by atoms with van der Waals surface area (Å²) in [4.78, 5) is 4.47. The molecule has 1 aromatic carbocycles. The van der Waals surface area contributed by atoms with Gasteiger partial charge < -0.3 is 10.3 Å². The molecule has 0 amide bonds. The summed E-state index contributed by atoms with van der Waals surface area (Å²) in [7, 11) is 0. The van der Waals surface area contributed by atoms with Crippen LogP contribution in [0.25, 0.3) is 11.4 Å². The first-order valence-corrected chi connectivity index (χ1v) is 6.02. The maximum Gasteiger partial charge on any atom is 0.230 e. The molecule has 0 spiro atoms. The third-order valence-corrected chi connectivity index (χ3v) is 3.32. The molecule has 17 heavy (non-hydrogen) atoms. The Labute approximate surface area is 99.8 Å². The monoisotopic (exact) mass is 229 g/mol. The first-order valence-electron chi connectivity index (χ1n) is 6.02. The summed E-state index contributed by atoms with van der Waals surface area (Å²) < 4.78 is 5.34. The molecule has 4 nitrogen and oxygen atoms in total. The molecule has 3 rings (SSSR count). The predicted molar refractivity (Wildman–Crippen MR) is 65.4 cm³/mol. The van der Waals surface area contributed by atoms with E-state index in [0.717, 1.165) is 17.1 Å². The highest BCUT2D eigenvalue weighted by atomic mass is 16.5. The fourth-order valence-electron chi connectivity index (χ4n) is 2.32. The molecule has 0 bridgehead atoms. The van der Waals surface area contributed by atoms with Crippen LogP contribution >= 0.6 is 0 Å². The zero-order chi connectivity index (χ0) is 11.7. The van der Waals surface area contributed by atoms with E-state index in [2.05, 4.69) is 10.1 Å². The van der Waals surface area contributed by atoms with E-state index < -0.39 is 0 Å². The number of rotatable bonds is 2. The van der Waals surface area contributed by atoms with Crippen LogP contribution < -0.4 is 5.73 Å². The lowest BCUT2D eigenvalue weighted by molar-refractivity contribution is 0.354. The molecule has 2 N–H and O–H groups in total. The van der Waals surface area contributed by atoms with Gasteiger partial charge >= 0.3 is 0 Å². The number of nitrogens with two attached hydrogens (primary N) is 1. The van der Waals surface area contributed by atoms with E-state index in [1.807, 2.05) is 24.3 Å². The van der Waals surface area contributed by atoms with Gasteiger partial charge in [0.2, 0.25) is 11.7 Å². The molecule has 1 aliphatic carbocycles. The summed E-state index contributed by atoms with van der Waals surface area (Å²) in [5, 5.41) is 4.03. The first-order chi connectivity index (χ1) is 8.33. The average molecular weight is 229 g/mol. The van der Waals surface area contributed by atoms with E-state index >= 15 is 0 Å². The van der Waals surface area contributed by atoms with Gasteiger partial charge in [0.1, 0.15) is 0 Å². The standard InChI is InChI=1S/C13H15N3O/c14-11-7-5-9(6-8-11)12-15-13(17-16-12)10-3-1-2-4-10/h5-8,10H,1-4,14H2. The summed E-state index contributed by atoms with van der Waals surface area (Å²) in [5.41, 5.74) is 7.34. The van der Waals surface area contributed by atoms with Gasteiger partial charge in [-0.15, -0.1) is 0 Å². The highest BCUT2D eigenvalue weighted by Gasteiger charge is 2.23. The molecule has 1 fully saturated rings. The average Bonchev–Trinajstić information content (AvgIpc) is 3.00. The molecule has 0 saturated heterocycles. The number of aromatic nitrogens is 2. The van der Waals surface area contributed by atoms with Gasteiger partial charge in [0, 0.05) is 17.2 Å². The number of anilines is 1. The van der Waals surface area contributed by atoms with Crippen LogP contribution in [0.2, 0.25) is 0 Å². The van der Waals surface area contributed by atoms with Gasteiger partial charge in [-0.05, 0) is 37.1 Å². The minimum atomic E-state index is 0.463. The maximum absolute atomic E-state index is 5.65. The number of hydrogen-bond donors (Lipinski definition) is 1. The molecule has 1 aromatic heterocycles. The maximum atomic E-state index is 5.65. The molecule has 4 heteroatoms. The normalized spacial score (nSPS) is 16.5. The van der Waals surface area contributed by atoms with Crippen molar-refractivity contribution in [3.8, 4) is 11.4 Å². The summed E-state index contributed by atoms with van der Waals surface area (Å²) in [6.45, 7) is 0. The van der Waals surface area contributed by atoms with Crippen LogP contribution in [0.4, 0.5) is 5.69 Å². The van der Waals surface area contributed by atoms with Crippen molar-refractivity contribution in [1.29, 1.82) is 0 Å². The lowest BCUT2D eigenvalue weighted by Crippen LogP contribution is -1.92. The predicted octanol–water partition coefficient (Wildman–Crippen LogP) is 2.98. The molecule has 88 valence electrons.